The minimum absolute atomic E-state index is 0.0682. The van der Waals surface area contributed by atoms with Crippen LogP contribution in [0, 0.1) is 11.4 Å². The van der Waals surface area contributed by atoms with Gasteiger partial charge in [-0.25, -0.2) is 9.97 Å². The Bertz CT molecular complexity index is 1500. The number of hydrogen-bond acceptors (Lipinski definition) is 5. The topological polar surface area (TPSA) is 79.6 Å². The largest absolute Gasteiger partial charge is 0.347 e. The van der Waals surface area contributed by atoms with Crippen LogP contribution in [-0.4, -0.2) is 38.3 Å². The van der Waals surface area contributed by atoms with Gasteiger partial charge in [-0.1, -0.05) is 26.0 Å². The monoisotopic (exact) mass is 487 g/mol. The molecule has 5 rings (SSSR count). The molecule has 36 heavy (non-hydrogen) atoms. The maximum absolute atomic E-state index is 14.8. The minimum atomic E-state index is -0.430. The van der Waals surface area contributed by atoms with Crippen molar-refractivity contribution in [2.45, 2.75) is 46.2 Å². The summed E-state index contributed by atoms with van der Waals surface area (Å²) in [4.78, 5) is 35.7. The number of carbonyl (C=O) groups excluding carboxylic acids is 1. The van der Waals surface area contributed by atoms with Crippen molar-refractivity contribution in [1.29, 1.82) is 0 Å². The molecule has 1 amide bonds. The highest BCUT2D eigenvalue weighted by Crippen LogP contribution is 2.30. The standard InChI is InChI=1S/C28H30FN5O2/c1-28(2)9-5-11-33(13-10-28)18-21-15-20-14-19(7-8-22(20)32-26(21)29)17-30-27(36)23-16-25(35)34-12-4-3-6-24(34)31-23/h3-4,6-8,12,14-16H,5,9-11,13,17-18H2,1-2H3,(H,30,36). The van der Waals surface area contributed by atoms with Gasteiger partial charge in [0, 0.05) is 36.3 Å². The predicted octanol–water partition coefficient (Wildman–Crippen LogP) is 4.32. The number of rotatable bonds is 5. The molecule has 1 aliphatic heterocycles. The van der Waals surface area contributed by atoms with Gasteiger partial charge in [0.05, 0.1) is 5.52 Å². The lowest BCUT2D eigenvalue weighted by Gasteiger charge is -2.23. The van der Waals surface area contributed by atoms with Gasteiger partial charge in [0.15, 0.2) is 0 Å². The lowest BCUT2D eigenvalue weighted by atomic mass is 9.85. The molecule has 4 aromatic rings. The average molecular weight is 488 g/mol. The van der Waals surface area contributed by atoms with Crippen molar-refractivity contribution in [3.05, 3.63) is 87.9 Å². The van der Waals surface area contributed by atoms with Crippen LogP contribution in [0.4, 0.5) is 4.39 Å². The van der Waals surface area contributed by atoms with Crippen LogP contribution in [0.5, 0.6) is 0 Å². The first kappa shape index (κ1) is 24.1. The second-order valence-electron chi connectivity index (χ2n) is 10.4. The van der Waals surface area contributed by atoms with Gasteiger partial charge in [-0.05, 0) is 73.7 Å². The third-order valence-corrected chi connectivity index (χ3v) is 6.99. The summed E-state index contributed by atoms with van der Waals surface area (Å²) in [6.45, 7) is 7.28. The Balaban J connectivity index is 1.31. The van der Waals surface area contributed by atoms with E-state index in [9.17, 15) is 14.0 Å². The van der Waals surface area contributed by atoms with Crippen molar-refractivity contribution in [1.82, 2.24) is 24.6 Å². The van der Waals surface area contributed by atoms with Gasteiger partial charge in [-0.3, -0.25) is 18.9 Å². The molecule has 1 aromatic carbocycles. The molecule has 7 nitrogen and oxygen atoms in total. The molecule has 8 heteroatoms. The van der Waals surface area contributed by atoms with Crippen LogP contribution in [-0.2, 0) is 13.1 Å². The van der Waals surface area contributed by atoms with Crippen molar-refractivity contribution in [3.63, 3.8) is 0 Å². The Morgan fingerprint density at radius 2 is 1.94 bits per heavy atom. The van der Waals surface area contributed by atoms with Gasteiger partial charge in [0.25, 0.3) is 11.5 Å². The summed E-state index contributed by atoms with van der Waals surface area (Å²) in [5.41, 5.74) is 2.50. The van der Waals surface area contributed by atoms with Crippen LogP contribution in [0.1, 0.15) is 54.7 Å². The number of amides is 1. The summed E-state index contributed by atoms with van der Waals surface area (Å²) in [6.07, 6.45) is 5.00. The number of hydrogen-bond donors (Lipinski definition) is 1. The molecular formula is C28H30FN5O2. The maximum atomic E-state index is 14.8. The highest BCUT2D eigenvalue weighted by atomic mass is 19.1. The van der Waals surface area contributed by atoms with Crippen LogP contribution in [0.25, 0.3) is 16.6 Å². The van der Waals surface area contributed by atoms with E-state index in [1.807, 2.05) is 18.2 Å². The summed E-state index contributed by atoms with van der Waals surface area (Å²) in [5, 5.41) is 3.65. The Kier molecular flexibility index (Phi) is 6.53. The first-order chi connectivity index (χ1) is 17.3. The Labute approximate surface area is 209 Å². The smallest absolute Gasteiger partial charge is 0.270 e. The van der Waals surface area contributed by atoms with Gasteiger partial charge in [-0.15, -0.1) is 0 Å². The summed E-state index contributed by atoms with van der Waals surface area (Å²) in [6, 6.07) is 13.8. The fourth-order valence-electron chi connectivity index (χ4n) is 4.79. The molecule has 1 fully saturated rings. The van der Waals surface area contributed by atoms with Crippen molar-refractivity contribution >= 4 is 22.5 Å². The van der Waals surface area contributed by atoms with Crippen LogP contribution in [0.3, 0.4) is 0 Å². The van der Waals surface area contributed by atoms with E-state index in [0.29, 0.717) is 28.7 Å². The molecule has 3 aromatic heterocycles. The molecular weight excluding hydrogens is 457 g/mol. The van der Waals surface area contributed by atoms with Crippen LogP contribution in [0.2, 0.25) is 0 Å². The first-order valence-corrected chi connectivity index (χ1v) is 12.3. The lowest BCUT2D eigenvalue weighted by Crippen LogP contribution is -2.27. The molecule has 0 saturated carbocycles. The summed E-state index contributed by atoms with van der Waals surface area (Å²) in [7, 11) is 0. The number of halogens is 1. The maximum Gasteiger partial charge on any atom is 0.270 e. The average Bonchev–Trinajstić information content (AvgIpc) is 3.03. The molecule has 4 heterocycles. The first-order valence-electron chi connectivity index (χ1n) is 12.3. The Hall–Kier alpha value is -3.65. The molecule has 0 spiro atoms. The van der Waals surface area contributed by atoms with Gasteiger partial charge in [0.2, 0.25) is 5.95 Å². The SMILES string of the molecule is CC1(C)CCCN(Cc2cc3cc(CNC(=O)c4cc(=O)n5ccccc5n4)ccc3nc2F)CC1. The molecule has 0 radical (unpaired) electrons. The number of pyridine rings is 2. The lowest BCUT2D eigenvalue weighted by molar-refractivity contribution is 0.0946. The fourth-order valence-corrected chi connectivity index (χ4v) is 4.79. The summed E-state index contributed by atoms with van der Waals surface area (Å²) < 4.78 is 16.2. The zero-order valence-electron chi connectivity index (χ0n) is 20.6. The zero-order valence-corrected chi connectivity index (χ0v) is 20.6. The Morgan fingerprint density at radius 3 is 2.81 bits per heavy atom. The van der Waals surface area contributed by atoms with Gasteiger partial charge >= 0.3 is 0 Å². The van der Waals surface area contributed by atoms with Gasteiger partial charge in [-0.2, -0.15) is 4.39 Å². The number of carbonyl (C=O) groups is 1. The van der Waals surface area contributed by atoms with E-state index in [4.69, 9.17) is 0 Å². The van der Waals surface area contributed by atoms with Crippen molar-refractivity contribution in [2.75, 3.05) is 13.1 Å². The van der Waals surface area contributed by atoms with Crippen molar-refractivity contribution in [3.8, 4) is 0 Å². The molecule has 1 aliphatic rings. The number of aromatic nitrogens is 3. The zero-order chi connectivity index (χ0) is 25.3. The third-order valence-electron chi connectivity index (χ3n) is 6.99. The molecule has 0 unspecified atom stereocenters. The molecule has 0 aliphatic carbocycles. The third kappa shape index (κ3) is 5.28. The molecule has 186 valence electrons. The quantitative estimate of drug-likeness (QED) is 0.424. The van der Waals surface area contributed by atoms with Crippen LogP contribution in [0.15, 0.2) is 59.5 Å². The molecule has 1 saturated heterocycles. The number of nitrogens with one attached hydrogen (secondary N) is 1. The van der Waals surface area contributed by atoms with Crippen molar-refractivity contribution < 1.29 is 9.18 Å². The summed E-state index contributed by atoms with van der Waals surface area (Å²) >= 11 is 0. The molecule has 0 atom stereocenters. The van der Waals surface area contributed by atoms with E-state index in [2.05, 4.69) is 34.0 Å². The van der Waals surface area contributed by atoms with Gasteiger partial charge in [0.1, 0.15) is 11.3 Å². The highest BCUT2D eigenvalue weighted by Gasteiger charge is 2.23. The van der Waals surface area contributed by atoms with E-state index < -0.39 is 11.9 Å². The van der Waals surface area contributed by atoms with Crippen LogP contribution < -0.4 is 10.9 Å². The highest BCUT2D eigenvalue weighted by molar-refractivity contribution is 5.92. The number of fused-ring (bicyclic) bond motifs is 2. The fraction of sp³-hybridized carbons (Fsp3) is 0.357. The number of benzene rings is 1. The second kappa shape index (κ2) is 9.78. The summed E-state index contributed by atoms with van der Waals surface area (Å²) in [5.74, 6) is -0.860. The number of likely N-dealkylation sites (tertiary alicyclic amines) is 1. The normalized spacial score (nSPS) is 16.2. The van der Waals surface area contributed by atoms with E-state index in [0.717, 1.165) is 36.9 Å². The van der Waals surface area contributed by atoms with Gasteiger partial charge < -0.3 is 5.32 Å². The van der Waals surface area contributed by atoms with Crippen LogP contribution >= 0.6 is 0 Å². The van der Waals surface area contributed by atoms with E-state index in [1.165, 1.54) is 16.9 Å². The number of nitrogens with zero attached hydrogens (tertiary/aromatic N) is 4. The van der Waals surface area contributed by atoms with E-state index in [1.54, 1.807) is 30.5 Å². The van der Waals surface area contributed by atoms with Crippen molar-refractivity contribution in [2.24, 2.45) is 5.41 Å². The second-order valence-corrected chi connectivity index (χ2v) is 10.4. The van der Waals surface area contributed by atoms with E-state index >= 15 is 0 Å². The van der Waals surface area contributed by atoms with E-state index in [-0.39, 0.29) is 17.8 Å². The predicted molar refractivity (Wildman–Crippen MR) is 137 cm³/mol. The minimum Gasteiger partial charge on any atom is -0.347 e. The molecule has 0 bridgehead atoms. The Morgan fingerprint density at radius 1 is 1.08 bits per heavy atom. The molecule has 1 N–H and O–H groups in total.